The van der Waals surface area contributed by atoms with Crippen LogP contribution in [0.15, 0.2) is 51.6 Å². The molecule has 2 bridgehead atoms. The first-order valence-electron chi connectivity index (χ1n) is 7.38. The lowest BCUT2D eigenvalue weighted by Gasteiger charge is -2.35. The summed E-state index contributed by atoms with van der Waals surface area (Å²) in [5.41, 5.74) is 1.45. The van der Waals surface area contributed by atoms with Crippen LogP contribution in [0.4, 0.5) is 0 Å². The SMILES string of the molecule is CC1=CC2C3CC3C1n1c(=O)n(-c3ccccc3)c(=O)n12. The normalized spacial score (nSPS) is 31.6. The summed E-state index contributed by atoms with van der Waals surface area (Å²) in [6, 6.07) is 9.31. The highest BCUT2D eigenvalue weighted by atomic mass is 16.2. The molecule has 4 aliphatic rings. The molecule has 106 valence electrons. The predicted octanol–water partition coefficient (Wildman–Crippen LogP) is 1.49. The second kappa shape index (κ2) is 3.47. The first-order valence-corrected chi connectivity index (χ1v) is 7.38. The second-order valence-corrected chi connectivity index (χ2v) is 6.33. The fourth-order valence-corrected chi connectivity index (χ4v) is 4.24. The maximum Gasteiger partial charge on any atom is 0.352 e. The van der Waals surface area contributed by atoms with Gasteiger partial charge in [0.2, 0.25) is 0 Å². The van der Waals surface area contributed by atoms with Crippen LogP contribution in [-0.2, 0) is 0 Å². The lowest BCUT2D eigenvalue weighted by Crippen LogP contribution is -2.42. The predicted molar refractivity (Wildman–Crippen MR) is 77.7 cm³/mol. The highest BCUT2D eigenvalue weighted by molar-refractivity contribution is 5.33. The third-order valence-electron chi connectivity index (χ3n) is 5.20. The number of para-hydroxylation sites is 1. The van der Waals surface area contributed by atoms with Crippen molar-refractivity contribution in [3.63, 3.8) is 0 Å². The molecule has 1 aromatic heterocycles. The Labute approximate surface area is 120 Å². The Morgan fingerprint density at radius 2 is 1.71 bits per heavy atom. The average molecular weight is 281 g/mol. The molecular weight excluding hydrogens is 266 g/mol. The van der Waals surface area contributed by atoms with Crippen molar-refractivity contribution < 1.29 is 0 Å². The van der Waals surface area contributed by atoms with Gasteiger partial charge in [0.1, 0.15) is 0 Å². The van der Waals surface area contributed by atoms with Gasteiger partial charge in [-0.1, -0.05) is 29.8 Å². The molecule has 0 amide bonds. The molecule has 2 aromatic rings. The molecule has 1 saturated carbocycles. The van der Waals surface area contributed by atoms with Crippen LogP contribution in [0.2, 0.25) is 0 Å². The number of aromatic nitrogens is 3. The quantitative estimate of drug-likeness (QED) is 0.744. The molecule has 0 radical (unpaired) electrons. The van der Waals surface area contributed by atoms with E-state index in [9.17, 15) is 9.59 Å². The summed E-state index contributed by atoms with van der Waals surface area (Å²) < 4.78 is 4.68. The molecule has 1 fully saturated rings. The Morgan fingerprint density at radius 3 is 2.48 bits per heavy atom. The molecule has 5 heteroatoms. The number of nitrogens with zero attached hydrogens (tertiary/aromatic N) is 3. The molecule has 0 saturated heterocycles. The van der Waals surface area contributed by atoms with Gasteiger partial charge in [-0.25, -0.2) is 23.5 Å². The van der Waals surface area contributed by atoms with E-state index in [2.05, 4.69) is 13.0 Å². The number of allylic oxidation sites excluding steroid dienone is 2. The zero-order valence-corrected chi connectivity index (χ0v) is 11.6. The van der Waals surface area contributed by atoms with Crippen LogP contribution >= 0.6 is 0 Å². The second-order valence-electron chi connectivity index (χ2n) is 6.33. The van der Waals surface area contributed by atoms with Crippen molar-refractivity contribution in [3.05, 3.63) is 62.9 Å². The highest BCUT2D eigenvalue weighted by Crippen LogP contribution is 2.60. The first kappa shape index (κ1) is 11.4. The van der Waals surface area contributed by atoms with Crippen molar-refractivity contribution in [1.82, 2.24) is 13.9 Å². The summed E-state index contributed by atoms with van der Waals surface area (Å²) in [5.74, 6) is 1.09. The summed E-state index contributed by atoms with van der Waals surface area (Å²) in [6.07, 6.45) is 3.30. The number of hydrogen-bond donors (Lipinski definition) is 0. The minimum absolute atomic E-state index is 0.0603. The van der Waals surface area contributed by atoms with Gasteiger partial charge in [0, 0.05) is 0 Å². The zero-order valence-electron chi connectivity index (χ0n) is 11.6. The molecule has 6 rings (SSSR count). The van der Waals surface area contributed by atoms with Crippen LogP contribution in [0.1, 0.15) is 25.4 Å². The van der Waals surface area contributed by atoms with Gasteiger partial charge in [-0.2, -0.15) is 0 Å². The monoisotopic (exact) mass is 281 g/mol. The number of rotatable bonds is 1. The Bertz CT molecular complexity index is 900. The summed E-state index contributed by atoms with van der Waals surface area (Å²) in [6.45, 7) is 2.08. The smallest absolute Gasteiger partial charge is 0.245 e. The summed E-state index contributed by atoms with van der Waals surface area (Å²) >= 11 is 0. The van der Waals surface area contributed by atoms with Crippen LogP contribution in [0.25, 0.3) is 5.69 Å². The van der Waals surface area contributed by atoms with E-state index in [0.29, 0.717) is 17.5 Å². The number of hydrogen-bond acceptors (Lipinski definition) is 2. The molecule has 2 aliphatic carbocycles. The lowest BCUT2D eigenvalue weighted by molar-refractivity contribution is 0.230. The molecular formula is C16H15N3O2. The van der Waals surface area contributed by atoms with Crippen molar-refractivity contribution in [2.45, 2.75) is 25.4 Å². The third kappa shape index (κ3) is 1.22. The van der Waals surface area contributed by atoms with E-state index in [1.807, 2.05) is 18.2 Å². The fourth-order valence-electron chi connectivity index (χ4n) is 4.24. The van der Waals surface area contributed by atoms with Gasteiger partial charge in [0.15, 0.2) is 0 Å². The first-order chi connectivity index (χ1) is 10.2. The van der Waals surface area contributed by atoms with E-state index in [4.69, 9.17) is 0 Å². The molecule has 21 heavy (non-hydrogen) atoms. The van der Waals surface area contributed by atoms with E-state index in [0.717, 1.165) is 6.42 Å². The van der Waals surface area contributed by atoms with Crippen LogP contribution in [0.5, 0.6) is 0 Å². The molecule has 3 heterocycles. The highest BCUT2D eigenvalue weighted by Gasteiger charge is 2.57. The number of benzene rings is 1. The molecule has 5 nitrogen and oxygen atoms in total. The Morgan fingerprint density at radius 1 is 1.00 bits per heavy atom. The van der Waals surface area contributed by atoms with E-state index in [1.54, 1.807) is 21.5 Å². The van der Waals surface area contributed by atoms with Gasteiger partial charge in [-0.15, -0.1) is 0 Å². The van der Waals surface area contributed by atoms with Gasteiger partial charge in [0.25, 0.3) is 0 Å². The van der Waals surface area contributed by atoms with Crippen LogP contribution in [0, 0.1) is 11.8 Å². The van der Waals surface area contributed by atoms with Gasteiger partial charge >= 0.3 is 11.4 Å². The molecule has 4 unspecified atom stereocenters. The molecule has 2 aliphatic heterocycles. The largest absolute Gasteiger partial charge is 0.352 e. The summed E-state index contributed by atoms with van der Waals surface area (Å²) in [7, 11) is 0. The fraction of sp³-hybridized carbons (Fsp3) is 0.375. The topological polar surface area (TPSA) is 48.9 Å². The van der Waals surface area contributed by atoms with Gasteiger partial charge < -0.3 is 0 Å². The van der Waals surface area contributed by atoms with Crippen LogP contribution < -0.4 is 11.4 Å². The molecule has 0 N–H and O–H groups in total. The Hall–Kier alpha value is -2.30. The van der Waals surface area contributed by atoms with Gasteiger partial charge in [-0.3, -0.25) is 0 Å². The van der Waals surface area contributed by atoms with Crippen molar-refractivity contribution >= 4 is 0 Å². The standard InChI is InChI=1S/C16H15N3O2/c1-9-7-13-11-8-12(11)14(9)19-16(21)17(15(20)18(13)19)10-5-3-2-4-6-10/h2-7,11-14H,8H2,1H3. The molecule has 4 atom stereocenters. The Kier molecular flexibility index (Phi) is 1.88. The zero-order chi connectivity index (χ0) is 14.3. The van der Waals surface area contributed by atoms with E-state index < -0.39 is 0 Å². The van der Waals surface area contributed by atoms with Gasteiger partial charge in [0.05, 0.1) is 17.8 Å². The molecule has 1 aromatic carbocycles. The van der Waals surface area contributed by atoms with E-state index in [1.165, 1.54) is 10.1 Å². The third-order valence-corrected chi connectivity index (χ3v) is 5.20. The Balaban J connectivity index is 1.84. The van der Waals surface area contributed by atoms with E-state index in [-0.39, 0.29) is 23.5 Å². The molecule has 0 spiro atoms. The van der Waals surface area contributed by atoms with Crippen LogP contribution in [0.3, 0.4) is 0 Å². The van der Waals surface area contributed by atoms with Crippen LogP contribution in [-0.4, -0.2) is 13.9 Å². The minimum atomic E-state index is -0.213. The maximum atomic E-state index is 12.8. The van der Waals surface area contributed by atoms with Crippen molar-refractivity contribution in [1.29, 1.82) is 0 Å². The van der Waals surface area contributed by atoms with E-state index >= 15 is 0 Å². The van der Waals surface area contributed by atoms with Crippen molar-refractivity contribution in [2.75, 3.05) is 0 Å². The maximum absolute atomic E-state index is 12.8. The average Bonchev–Trinajstić information content (AvgIpc) is 3.24. The minimum Gasteiger partial charge on any atom is -0.245 e. The summed E-state index contributed by atoms with van der Waals surface area (Å²) in [4.78, 5) is 25.6. The van der Waals surface area contributed by atoms with Crippen molar-refractivity contribution in [3.8, 4) is 5.69 Å². The lowest BCUT2D eigenvalue weighted by atomic mass is 9.90. The van der Waals surface area contributed by atoms with Crippen molar-refractivity contribution in [2.24, 2.45) is 11.8 Å². The summed E-state index contributed by atoms with van der Waals surface area (Å²) in [5, 5.41) is 0. The van der Waals surface area contributed by atoms with Gasteiger partial charge in [-0.05, 0) is 37.3 Å².